The second-order valence-corrected chi connectivity index (χ2v) is 7.61. The van der Waals surface area contributed by atoms with Gasteiger partial charge < -0.3 is 10.6 Å². The van der Waals surface area contributed by atoms with Crippen LogP contribution in [0.25, 0.3) is 11.1 Å². The number of carbonyl (C=O) groups excluding carboxylic acids is 2. The first-order valence-electron chi connectivity index (χ1n) is 9.02. The highest BCUT2D eigenvalue weighted by atomic mass is 35.5. The number of benzene rings is 3. The van der Waals surface area contributed by atoms with E-state index >= 15 is 0 Å². The zero-order valence-electron chi connectivity index (χ0n) is 15.3. The van der Waals surface area contributed by atoms with Gasteiger partial charge in [-0.1, -0.05) is 66.2 Å². The van der Waals surface area contributed by atoms with Crippen LogP contribution >= 0.6 is 11.6 Å². The van der Waals surface area contributed by atoms with Crippen LogP contribution in [0.2, 0.25) is 5.02 Å². The van der Waals surface area contributed by atoms with Crippen LogP contribution in [0.15, 0.2) is 72.8 Å². The number of anilines is 1. The predicted molar refractivity (Wildman–Crippen MR) is 112 cm³/mol. The summed E-state index contributed by atoms with van der Waals surface area (Å²) in [5.74, 6) is -0.576. The smallest absolute Gasteiger partial charge is 0.254 e. The summed E-state index contributed by atoms with van der Waals surface area (Å²) in [6.45, 7) is 1.73. The van der Waals surface area contributed by atoms with Crippen LogP contribution < -0.4 is 10.6 Å². The molecule has 0 aliphatic carbocycles. The summed E-state index contributed by atoms with van der Waals surface area (Å²) >= 11 is 6.01. The molecule has 0 radical (unpaired) electrons. The van der Waals surface area contributed by atoms with Crippen LogP contribution in [0, 0.1) is 0 Å². The van der Waals surface area contributed by atoms with E-state index in [0.29, 0.717) is 22.7 Å². The SMILES string of the molecule is C[C@@]1(Cc2ccc(-c3ccccc3)cc2)NC(=O)c2cc(Cl)ccc2NC1=O. The van der Waals surface area contributed by atoms with Crippen LogP contribution in [-0.2, 0) is 11.2 Å². The Balaban J connectivity index is 1.59. The lowest BCUT2D eigenvalue weighted by Gasteiger charge is -2.27. The van der Waals surface area contributed by atoms with Gasteiger partial charge in [-0.05, 0) is 41.8 Å². The van der Waals surface area contributed by atoms with Crippen molar-refractivity contribution in [1.29, 1.82) is 0 Å². The van der Waals surface area contributed by atoms with E-state index in [1.165, 1.54) is 0 Å². The summed E-state index contributed by atoms with van der Waals surface area (Å²) in [7, 11) is 0. The van der Waals surface area contributed by atoms with E-state index in [1.807, 2.05) is 42.5 Å². The highest BCUT2D eigenvalue weighted by Gasteiger charge is 2.38. The molecular formula is C23H19ClN2O2. The molecule has 1 aliphatic heterocycles. The Morgan fingerprint density at radius 3 is 2.29 bits per heavy atom. The van der Waals surface area contributed by atoms with E-state index in [-0.39, 0.29) is 11.8 Å². The maximum atomic E-state index is 12.9. The van der Waals surface area contributed by atoms with Gasteiger partial charge >= 0.3 is 0 Å². The quantitative estimate of drug-likeness (QED) is 0.681. The van der Waals surface area contributed by atoms with E-state index < -0.39 is 5.54 Å². The summed E-state index contributed by atoms with van der Waals surface area (Å²) in [4.78, 5) is 25.5. The summed E-state index contributed by atoms with van der Waals surface area (Å²) in [6.07, 6.45) is 0.376. The Kier molecular flexibility index (Phi) is 4.65. The molecule has 140 valence electrons. The largest absolute Gasteiger partial charge is 0.337 e. The van der Waals surface area contributed by atoms with Crippen molar-refractivity contribution in [2.24, 2.45) is 0 Å². The fraction of sp³-hybridized carbons (Fsp3) is 0.130. The van der Waals surface area contributed by atoms with Crippen LogP contribution in [-0.4, -0.2) is 17.4 Å². The summed E-state index contributed by atoms with van der Waals surface area (Å²) in [5, 5.41) is 6.17. The molecule has 2 N–H and O–H groups in total. The molecule has 1 heterocycles. The molecule has 1 atom stereocenters. The van der Waals surface area contributed by atoms with Gasteiger partial charge in [0, 0.05) is 11.4 Å². The number of amides is 2. The second kappa shape index (κ2) is 7.13. The van der Waals surface area contributed by atoms with E-state index in [2.05, 4.69) is 22.8 Å². The van der Waals surface area contributed by atoms with Gasteiger partial charge in [0.1, 0.15) is 5.54 Å². The third-order valence-electron chi connectivity index (χ3n) is 4.98. The topological polar surface area (TPSA) is 58.2 Å². The van der Waals surface area contributed by atoms with Gasteiger partial charge in [0.05, 0.1) is 11.3 Å². The fourth-order valence-electron chi connectivity index (χ4n) is 3.43. The minimum Gasteiger partial charge on any atom is -0.337 e. The van der Waals surface area contributed by atoms with Gasteiger partial charge in [0.2, 0.25) is 5.91 Å². The normalized spacial score (nSPS) is 18.6. The Morgan fingerprint density at radius 1 is 0.893 bits per heavy atom. The number of fused-ring (bicyclic) bond motifs is 1. The second-order valence-electron chi connectivity index (χ2n) is 7.17. The van der Waals surface area contributed by atoms with Crippen molar-refractivity contribution in [2.75, 3.05) is 5.32 Å². The van der Waals surface area contributed by atoms with Crippen LogP contribution in [0.5, 0.6) is 0 Å². The molecule has 3 aromatic carbocycles. The summed E-state index contributed by atoms with van der Waals surface area (Å²) in [6, 6.07) is 23.0. The van der Waals surface area contributed by atoms with E-state index in [1.54, 1.807) is 25.1 Å². The molecule has 0 unspecified atom stereocenters. The molecule has 2 amide bonds. The van der Waals surface area contributed by atoms with Crippen LogP contribution in [0.4, 0.5) is 5.69 Å². The summed E-state index contributed by atoms with van der Waals surface area (Å²) in [5.41, 5.74) is 2.95. The Labute approximate surface area is 168 Å². The van der Waals surface area contributed by atoms with Crippen LogP contribution in [0.1, 0.15) is 22.8 Å². The Bertz CT molecular complexity index is 1050. The zero-order valence-corrected chi connectivity index (χ0v) is 16.1. The first kappa shape index (κ1) is 18.3. The van der Waals surface area contributed by atoms with Gasteiger partial charge in [0.25, 0.3) is 5.91 Å². The predicted octanol–water partition coefficient (Wildman–Crippen LogP) is 4.69. The summed E-state index contributed by atoms with van der Waals surface area (Å²) < 4.78 is 0. The molecule has 3 aromatic rings. The maximum Gasteiger partial charge on any atom is 0.254 e. The monoisotopic (exact) mass is 390 g/mol. The van der Waals surface area contributed by atoms with Gasteiger partial charge in [-0.15, -0.1) is 0 Å². The first-order valence-corrected chi connectivity index (χ1v) is 9.40. The van der Waals surface area contributed by atoms with Gasteiger partial charge in [-0.3, -0.25) is 9.59 Å². The van der Waals surface area contributed by atoms with E-state index in [4.69, 9.17) is 11.6 Å². The van der Waals surface area contributed by atoms with E-state index in [0.717, 1.165) is 16.7 Å². The van der Waals surface area contributed by atoms with Gasteiger partial charge in [-0.2, -0.15) is 0 Å². The lowest BCUT2D eigenvalue weighted by atomic mass is 9.91. The van der Waals surface area contributed by atoms with Gasteiger partial charge in [0.15, 0.2) is 0 Å². The molecule has 4 nitrogen and oxygen atoms in total. The number of carbonyl (C=O) groups is 2. The van der Waals surface area contributed by atoms with Crippen molar-refractivity contribution in [1.82, 2.24) is 5.32 Å². The van der Waals surface area contributed by atoms with Crippen molar-refractivity contribution < 1.29 is 9.59 Å². The fourth-order valence-corrected chi connectivity index (χ4v) is 3.60. The highest BCUT2D eigenvalue weighted by Crippen LogP contribution is 2.27. The highest BCUT2D eigenvalue weighted by molar-refractivity contribution is 6.31. The Morgan fingerprint density at radius 2 is 1.57 bits per heavy atom. The third kappa shape index (κ3) is 3.51. The number of halogens is 1. The molecule has 1 aliphatic rings. The molecule has 4 rings (SSSR count). The molecule has 0 saturated heterocycles. The van der Waals surface area contributed by atoms with E-state index in [9.17, 15) is 9.59 Å². The maximum absolute atomic E-state index is 12.9. The molecule has 0 aromatic heterocycles. The molecule has 0 spiro atoms. The minimum atomic E-state index is -1.07. The average Bonchev–Trinajstić information content (AvgIpc) is 2.78. The molecule has 5 heteroatoms. The molecular weight excluding hydrogens is 372 g/mol. The lowest BCUT2D eigenvalue weighted by Crippen LogP contribution is -2.54. The lowest BCUT2D eigenvalue weighted by molar-refractivity contribution is -0.121. The third-order valence-corrected chi connectivity index (χ3v) is 5.22. The Hall–Kier alpha value is -3.11. The number of rotatable bonds is 3. The van der Waals surface area contributed by atoms with Crippen molar-refractivity contribution >= 4 is 29.1 Å². The van der Waals surface area contributed by atoms with Crippen molar-refractivity contribution in [2.45, 2.75) is 18.9 Å². The number of hydrogen-bond donors (Lipinski definition) is 2. The van der Waals surface area contributed by atoms with Crippen LogP contribution in [0.3, 0.4) is 0 Å². The van der Waals surface area contributed by atoms with Gasteiger partial charge in [-0.25, -0.2) is 0 Å². The van der Waals surface area contributed by atoms with Crippen molar-refractivity contribution in [3.8, 4) is 11.1 Å². The average molecular weight is 391 g/mol. The molecule has 28 heavy (non-hydrogen) atoms. The molecule has 0 bridgehead atoms. The minimum absolute atomic E-state index is 0.256. The van der Waals surface area contributed by atoms with Crippen molar-refractivity contribution in [3.63, 3.8) is 0 Å². The van der Waals surface area contributed by atoms with Crippen molar-refractivity contribution in [3.05, 3.63) is 88.9 Å². The standard InChI is InChI=1S/C23H19ClN2O2/c1-23(14-15-7-9-17(10-8-15)16-5-3-2-4-6-16)22(28)25-20-12-11-18(24)13-19(20)21(27)26-23/h2-13H,14H2,1H3,(H,25,28)(H,26,27)/t23-/m0/s1. The molecule has 0 fully saturated rings. The zero-order chi connectivity index (χ0) is 19.7. The number of hydrogen-bond acceptors (Lipinski definition) is 2. The number of nitrogens with one attached hydrogen (secondary N) is 2. The first-order chi connectivity index (χ1) is 13.4. The molecule has 0 saturated carbocycles.